The van der Waals surface area contributed by atoms with Gasteiger partial charge in [0.15, 0.2) is 34.7 Å². The average molecular weight is 598 g/mol. The first kappa shape index (κ1) is 29.3. The van der Waals surface area contributed by atoms with Crippen molar-refractivity contribution < 1.29 is 37.4 Å². The standard InChI is InChI=1S/C28H26F3N7O5/c1-3-37-12-17(27(41)38(28(37)42)16-5-6-18(29)19(30)11-16)26(40)34-15-4-7-21(20(31)10-15)43-22-8-9-32-24-23(22)25(36-35-24)33-14(2)13-39/h4-11,14,17,39H,3,12-13H2,1-2H3,(H,34,40)(H2,32,33,35,36)/t14-,17?/m0/s1. The van der Waals surface area contributed by atoms with Crippen molar-refractivity contribution in [3.8, 4) is 11.5 Å². The van der Waals surface area contributed by atoms with Gasteiger partial charge in [-0.25, -0.2) is 27.8 Å². The van der Waals surface area contributed by atoms with Crippen molar-refractivity contribution in [1.29, 1.82) is 0 Å². The van der Waals surface area contributed by atoms with Crippen LogP contribution in [0, 0.1) is 23.4 Å². The molecule has 2 atom stereocenters. The van der Waals surface area contributed by atoms with E-state index in [2.05, 4.69) is 25.8 Å². The molecule has 0 bridgehead atoms. The molecule has 1 saturated heterocycles. The number of carbonyl (C=O) groups excluding carboxylic acids is 3. The molecule has 0 spiro atoms. The number of pyridine rings is 1. The molecule has 4 amide bonds. The Balaban J connectivity index is 1.35. The van der Waals surface area contributed by atoms with Gasteiger partial charge in [0.05, 0.1) is 12.3 Å². The first-order valence-corrected chi connectivity index (χ1v) is 13.2. The summed E-state index contributed by atoms with van der Waals surface area (Å²) in [6.45, 7) is 3.08. The molecule has 1 fully saturated rings. The maximum Gasteiger partial charge on any atom is 0.331 e. The average Bonchev–Trinajstić information content (AvgIpc) is 3.39. The number of rotatable bonds is 9. The van der Waals surface area contributed by atoms with Crippen molar-refractivity contribution in [1.82, 2.24) is 20.1 Å². The number of aromatic nitrogens is 3. The van der Waals surface area contributed by atoms with Crippen LogP contribution in [0.1, 0.15) is 13.8 Å². The minimum absolute atomic E-state index is 0.00397. The van der Waals surface area contributed by atoms with E-state index in [1.807, 2.05) is 0 Å². The molecule has 5 rings (SSSR count). The molecule has 2 aromatic heterocycles. The third kappa shape index (κ3) is 5.79. The molecule has 1 aliphatic heterocycles. The number of H-pyrrole nitrogens is 1. The zero-order valence-corrected chi connectivity index (χ0v) is 22.9. The molecular formula is C28H26F3N7O5. The Kier molecular flexibility index (Phi) is 8.16. The van der Waals surface area contributed by atoms with E-state index in [9.17, 15) is 28.3 Å². The van der Waals surface area contributed by atoms with Crippen LogP contribution in [0.5, 0.6) is 11.5 Å². The summed E-state index contributed by atoms with van der Waals surface area (Å²) in [7, 11) is 0. The number of ether oxygens (including phenoxy) is 1. The van der Waals surface area contributed by atoms with Crippen LogP contribution >= 0.6 is 0 Å². The summed E-state index contributed by atoms with van der Waals surface area (Å²) in [6.07, 6.45) is 1.44. The molecule has 12 nitrogen and oxygen atoms in total. The number of carbonyl (C=O) groups is 3. The number of urea groups is 1. The number of imide groups is 1. The summed E-state index contributed by atoms with van der Waals surface area (Å²) >= 11 is 0. The van der Waals surface area contributed by atoms with Gasteiger partial charge < -0.3 is 25.4 Å². The fraction of sp³-hybridized carbons (Fsp3) is 0.250. The third-order valence-corrected chi connectivity index (χ3v) is 6.74. The number of hydrogen-bond donors (Lipinski definition) is 4. The van der Waals surface area contributed by atoms with Gasteiger partial charge in [0, 0.05) is 49.2 Å². The van der Waals surface area contributed by atoms with Gasteiger partial charge >= 0.3 is 6.03 Å². The Labute approximate surface area is 242 Å². The lowest BCUT2D eigenvalue weighted by molar-refractivity contribution is -0.132. The van der Waals surface area contributed by atoms with Crippen LogP contribution in [0.4, 0.5) is 35.2 Å². The first-order valence-electron chi connectivity index (χ1n) is 13.2. The smallest absolute Gasteiger partial charge is 0.331 e. The number of benzene rings is 2. The zero-order chi connectivity index (χ0) is 30.8. The molecule has 224 valence electrons. The van der Waals surface area contributed by atoms with E-state index in [-0.39, 0.29) is 48.6 Å². The van der Waals surface area contributed by atoms with Gasteiger partial charge in [-0.05, 0) is 38.1 Å². The van der Waals surface area contributed by atoms with E-state index in [0.29, 0.717) is 27.8 Å². The molecule has 15 heteroatoms. The SMILES string of the molecule is CCN1CC(C(=O)Nc2ccc(Oc3ccnc4[nH]nc(N[C@@H](C)CO)c34)c(F)c2)C(=O)N(c2ccc(F)c(F)c2)C1=O. The summed E-state index contributed by atoms with van der Waals surface area (Å²) in [5.41, 5.74) is 0.136. The lowest BCUT2D eigenvalue weighted by atomic mass is 10.0. The van der Waals surface area contributed by atoms with Crippen LogP contribution in [-0.2, 0) is 9.59 Å². The van der Waals surface area contributed by atoms with E-state index in [1.54, 1.807) is 13.8 Å². The van der Waals surface area contributed by atoms with Crippen LogP contribution in [0.2, 0.25) is 0 Å². The molecule has 4 N–H and O–H groups in total. The Morgan fingerprint density at radius 2 is 1.91 bits per heavy atom. The number of hydrogen-bond acceptors (Lipinski definition) is 8. The predicted molar refractivity (Wildman–Crippen MR) is 149 cm³/mol. The van der Waals surface area contributed by atoms with Crippen LogP contribution in [0.3, 0.4) is 0 Å². The van der Waals surface area contributed by atoms with Gasteiger partial charge in [-0.3, -0.25) is 14.7 Å². The number of aliphatic hydroxyl groups is 1. The lowest BCUT2D eigenvalue weighted by Gasteiger charge is -2.37. The maximum atomic E-state index is 15.2. The largest absolute Gasteiger partial charge is 0.453 e. The van der Waals surface area contributed by atoms with Crippen molar-refractivity contribution in [2.45, 2.75) is 19.9 Å². The fourth-order valence-corrected chi connectivity index (χ4v) is 4.49. The minimum atomic E-state index is -1.41. The summed E-state index contributed by atoms with van der Waals surface area (Å²) in [5.74, 6) is -6.08. The van der Waals surface area contributed by atoms with Crippen molar-refractivity contribution in [3.05, 3.63) is 66.1 Å². The van der Waals surface area contributed by atoms with Gasteiger partial charge in [-0.2, -0.15) is 5.10 Å². The number of nitrogens with zero attached hydrogens (tertiary/aromatic N) is 4. The van der Waals surface area contributed by atoms with Gasteiger partial charge in [-0.15, -0.1) is 0 Å². The molecule has 43 heavy (non-hydrogen) atoms. The summed E-state index contributed by atoms with van der Waals surface area (Å²) in [4.78, 5) is 45.3. The number of anilines is 3. The Hall–Kier alpha value is -5.18. The monoisotopic (exact) mass is 597 g/mol. The van der Waals surface area contributed by atoms with Crippen LogP contribution in [0.25, 0.3) is 11.0 Å². The Bertz CT molecular complexity index is 1720. The van der Waals surface area contributed by atoms with E-state index in [4.69, 9.17) is 4.74 Å². The molecule has 1 unspecified atom stereocenters. The van der Waals surface area contributed by atoms with Crippen molar-refractivity contribution in [2.24, 2.45) is 5.92 Å². The lowest BCUT2D eigenvalue weighted by Crippen LogP contribution is -2.59. The Morgan fingerprint density at radius 3 is 2.60 bits per heavy atom. The molecular weight excluding hydrogens is 571 g/mol. The van der Waals surface area contributed by atoms with Crippen molar-refractivity contribution >= 4 is 46.1 Å². The topological polar surface area (TPSA) is 153 Å². The van der Waals surface area contributed by atoms with Crippen molar-refractivity contribution in [2.75, 3.05) is 35.2 Å². The molecule has 1 aliphatic rings. The van der Waals surface area contributed by atoms with E-state index in [0.717, 1.165) is 18.2 Å². The summed E-state index contributed by atoms with van der Waals surface area (Å²) < 4.78 is 48.3. The fourth-order valence-electron chi connectivity index (χ4n) is 4.49. The summed E-state index contributed by atoms with van der Waals surface area (Å²) in [6, 6.07) is 6.55. The zero-order valence-electron chi connectivity index (χ0n) is 22.9. The highest BCUT2D eigenvalue weighted by Gasteiger charge is 2.43. The second-order valence-corrected chi connectivity index (χ2v) is 9.72. The summed E-state index contributed by atoms with van der Waals surface area (Å²) in [5, 5.41) is 22.1. The molecule has 0 radical (unpaired) electrons. The van der Waals surface area contributed by atoms with Gasteiger partial charge in [0.25, 0.3) is 0 Å². The van der Waals surface area contributed by atoms with Crippen molar-refractivity contribution in [3.63, 3.8) is 0 Å². The second kappa shape index (κ2) is 12.0. The van der Waals surface area contributed by atoms with Gasteiger partial charge in [-0.1, -0.05) is 0 Å². The van der Waals surface area contributed by atoms with Crippen LogP contribution in [-0.4, -0.2) is 68.8 Å². The van der Waals surface area contributed by atoms with Gasteiger partial charge in [0.1, 0.15) is 17.1 Å². The highest BCUT2D eigenvalue weighted by atomic mass is 19.2. The number of fused-ring (bicyclic) bond motifs is 1. The number of halogens is 3. The third-order valence-electron chi connectivity index (χ3n) is 6.74. The Morgan fingerprint density at radius 1 is 1.12 bits per heavy atom. The maximum absolute atomic E-state index is 15.2. The molecule has 3 heterocycles. The minimum Gasteiger partial charge on any atom is -0.453 e. The quantitative estimate of drug-likeness (QED) is 0.211. The van der Waals surface area contributed by atoms with Crippen LogP contribution < -0.4 is 20.3 Å². The first-order chi connectivity index (χ1) is 20.6. The highest BCUT2D eigenvalue weighted by Crippen LogP contribution is 2.35. The number of aromatic amines is 1. The van der Waals surface area contributed by atoms with E-state index >= 15 is 4.39 Å². The molecule has 4 aromatic rings. The van der Waals surface area contributed by atoms with E-state index in [1.165, 1.54) is 29.3 Å². The highest BCUT2D eigenvalue weighted by molar-refractivity contribution is 6.23. The molecule has 2 aromatic carbocycles. The molecule has 0 saturated carbocycles. The van der Waals surface area contributed by atoms with Gasteiger partial charge in [0.2, 0.25) is 11.8 Å². The van der Waals surface area contributed by atoms with E-state index < -0.39 is 41.2 Å². The molecule has 0 aliphatic carbocycles. The number of nitrogens with one attached hydrogen (secondary N) is 3. The normalized spacial score (nSPS) is 16.0. The number of aliphatic hydroxyl groups excluding tert-OH is 1. The second-order valence-electron chi connectivity index (χ2n) is 9.72. The number of amides is 4. The predicted octanol–water partition coefficient (Wildman–Crippen LogP) is 4.00. The van der Waals surface area contributed by atoms with Crippen LogP contribution in [0.15, 0.2) is 48.7 Å².